The van der Waals surface area contributed by atoms with E-state index in [1.165, 1.54) is 18.2 Å². The highest BCUT2D eigenvalue weighted by atomic mass is 19.4. The smallest absolute Gasteiger partial charge is 0.416 e. The highest BCUT2D eigenvalue weighted by molar-refractivity contribution is 5.88. The van der Waals surface area contributed by atoms with E-state index in [0.717, 1.165) is 29.8 Å². The molecular weight excluding hydrogens is 436 g/mol. The zero-order chi connectivity index (χ0) is 24.4. The molecule has 3 rings (SSSR count). The molecule has 0 amide bonds. The minimum Gasteiger partial charge on any atom is -0.478 e. The third kappa shape index (κ3) is 5.92. The van der Waals surface area contributed by atoms with E-state index >= 15 is 0 Å². The topological polar surface area (TPSA) is 46.5 Å². The van der Waals surface area contributed by atoms with Gasteiger partial charge in [-0.15, -0.1) is 0 Å². The predicted molar refractivity (Wildman–Crippen MR) is 116 cm³/mol. The van der Waals surface area contributed by atoms with Gasteiger partial charge in [0.2, 0.25) is 0 Å². The van der Waals surface area contributed by atoms with Gasteiger partial charge in [0.05, 0.1) is 11.1 Å². The molecule has 7 heteroatoms. The molecule has 0 aliphatic rings. The Balaban J connectivity index is 1.94. The number of carbonyl (C=O) groups is 1. The number of rotatable bonds is 3. The maximum Gasteiger partial charge on any atom is 0.416 e. The summed E-state index contributed by atoms with van der Waals surface area (Å²) >= 11 is 0. The van der Waals surface area contributed by atoms with E-state index in [1.54, 1.807) is 12.1 Å². The molecule has 1 N–H and O–H groups in total. The Morgan fingerprint density at radius 1 is 0.879 bits per heavy atom. The number of aromatic carboxylic acids is 1. The SMILES string of the molecule is CC(C)(C)c1ccc(C#Cc2ccc(C(=O)O)c(F)c2)cc1Oc1ccc(C(F)(F)F)cc1. The fourth-order valence-corrected chi connectivity index (χ4v) is 3.05. The molecule has 3 aromatic carbocycles. The van der Waals surface area contributed by atoms with E-state index in [-0.39, 0.29) is 11.2 Å². The zero-order valence-electron chi connectivity index (χ0n) is 18.0. The number of alkyl halides is 3. The summed E-state index contributed by atoms with van der Waals surface area (Å²) in [6.07, 6.45) is -4.44. The van der Waals surface area contributed by atoms with Gasteiger partial charge in [0.15, 0.2) is 0 Å². The lowest BCUT2D eigenvalue weighted by Crippen LogP contribution is -2.12. The molecule has 0 spiro atoms. The van der Waals surface area contributed by atoms with Crippen LogP contribution >= 0.6 is 0 Å². The second-order valence-corrected chi connectivity index (χ2v) is 8.33. The molecule has 170 valence electrons. The molecule has 3 nitrogen and oxygen atoms in total. The normalized spacial score (nSPS) is 11.5. The van der Waals surface area contributed by atoms with Crippen LogP contribution < -0.4 is 4.74 Å². The molecule has 0 saturated carbocycles. The number of benzene rings is 3. The van der Waals surface area contributed by atoms with Crippen LogP contribution in [-0.2, 0) is 11.6 Å². The quantitative estimate of drug-likeness (QED) is 0.340. The van der Waals surface area contributed by atoms with Crippen LogP contribution in [-0.4, -0.2) is 11.1 Å². The number of hydrogen-bond donors (Lipinski definition) is 1. The fraction of sp³-hybridized carbons (Fsp3) is 0.192. The number of hydrogen-bond acceptors (Lipinski definition) is 2. The highest BCUT2D eigenvalue weighted by Gasteiger charge is 2.30. The van der Waals surface area contributed by atoms with Crippen molar-refractivity contribution >= 4 is 5.97 Å². The van der Waals surface area contributed by atoms with Crippen molar-refractivity contribution in [1.82, 2.24) is 0 Å². The first-order valence-electron chi connectivity index (χ1n) is 9.89. The van der Waals surface area contributed by atoms with Gasteiger partial charge < -0.3 is 9.84 Å². The summed E-state index contributed by atoms with van der Waals surface area (Å²) in [6.45, 7) is 5.92. The second kappa shape index (κ2) is 8.99. The first kappa shape index (κ1) is 23.9. The molecule has 0 bridgehead atoms. The molecule has 0 heterocycles. The molecule has 0 fully saturated rings. The number of carboxylic acid groups (broad SMARTS) is 1. The number of carboxylic acids is 1. The first-order chi connectivity index (χ1) is 15.3. The number of halogens is 4. The molecule has 0 saturated heterocycles. The summed E-state index contributed by atoms with van der Waals surface area (Å²) in [6, 6.07) is 13.2. The predicted octanol–water partition coefficient (Wildman–Crippen LogP) is 7.03. The molecule has 0 atom stereocenters. The van der Waals surface area contributed by atoms with Crippen molar-refractivity contribution in [2.45, 2.75) is 32.4 Å². The lowest BCUT2D eigenvalue weighted by atomic mass is 9.86. The summed E-state index contributed by atoms with van der Waals surface area (Å²) in [5, 5.41) is 8.92. The van der Waals surface area contributed by atoms with Gasteiger partial charge in [-0.3, -0.25) is 0 Å². The van der Waals surface area contributed by atoms with Crippen LogP contribution in [0.2, 0.25) is 0 Å². The Bertz CT molecular complexity index is 1240. The van der Waals surface area contributed by atoms with Crippen LogP contribution in [0.25, 0.3) is 0 Å². The Hall–Kier alpha value is -3.79. The Kier molecular flexibility index (Phi) is 6.50. The third-order valence-corrected chi connectivity index (χ3v) is 4.75. The van der Waals surface area contributed by atoms with Gasteiger partial charge in [-0.25, -0.2) is 9.18 Å². The Labute approximate surface area is 188 Å². The molecular formula is C26H20F4O3. The zero-order valence-corrected chi connectivity index (χ0v) is 18.0. The molecule has 0 aliphatic carbocycles. The van der Waals surface area contributed by atoms with Crippen molar-refractivity contribution in [3.05, 3.63) is 94.3 Å². The molecule has 0 unspecified atom stereocenters. The summed E-state index contributed by atoms with van der Waals surface area (Å²) in [5.74, 6) is 4.08. The standard InChI is InChI=1S/C26H20F4O3/c1-25(2,3)21-13-7-17(5-4-16-6-12-20(24(31)32)22(27)14-16)15-23(21)33-19-10-8-18(9-11-19)26(28,29)30/h6-15H,1-3H3,(H,31,32). The average Bonchev–Trinajstić information content (AvgIpc) is 2.71. The first-order valence-corrected chi connectivity index (χ1v) is 9.89. The van der Waals surface area contributed by atoms with E-state index < -0.39 is 29.1 Å². The van der Waals surface area contributed by atoms with Gasteiger partial charge >= 0.3 is 12.1 Å². The lowest BCUT2D eigenvalue weighted by molar-refractivity contribution is -0.137. The van der Waals surface area contributed by atoms with Crippen LogP contribution in [0.1, 0.15) is 53.4 Å². The van der Waals surface area contributed by atoms with Crippen molar-refractivity contribution in [2.24, 2.45) is 0 Å². The molecule has 0 aliphatic heterocycles. The molecule has 3 aromatic rings. The van der Waals surface area contributed by atoms with Gasteiger partial charge in [-0.1, -0.05) is 38.7 Å². The Morgan fingerprint density at radius 3 is 1.97 bits per heavy atom. The minimum atomic E-state index is -4.44. The van der Waals surface area contributed by atoms with Crippen molar-refractivity contribution in [3.63, 3.8) is 0 Å². The van der Waals surface area contributed by atoms with E-state index in [0.29, 0.717) is 16.9 Å². The van der Waals surface area contributed by atoms with Crippen molar-refractivity contribution < 1.29 is 32.2 Å². The van der Waals surface area contributed by atoms with Crippen LogP contribution in [0.5, 0.6) is 11.5 Å². The average molecular weight is 456 g/mol. The fourth-order valence-electron chi connectivity index (χ4n) is 3.05. The highest BCUT2D eigenvalue weighted by Crippen LogP contribution is 2.36. The Morgan fingerprint density at radius 2 is 1.45 bits per heavy atom. The molecule has 0 aromatic heterocycles. The summed E-state index contributed by atoms with van der Waals surface area (Å²) in [7, 11) is 0. The van der Waals surface area contributed by atoms with E-state index in [1.807, 2.05) is 26.8 Å². The maximum absolute atomic E-state index is 13.9. The maximum atomic E-state index is 13.9. The van der Waals surface area contributed by atoms with Crippen molar-refractivity contribution in [2.75, 3.05) is 0 Å². The largest absolute Gasteiger partial charge is 0.478 e. The van der Waals surface area contributed by atoms with Crippen LogP contribution in [0.15, 0.2) is 60.7 Å². The number of ether oxygens (including phenoxy) is 1. The second-order valence-electron chi connectivity index (χ2n) is 8.33. The van der Waals surface area contributed by atoms with Gasteiger partial charge in [0, 0.05) is 16.7 Å². The van der Waals surface area contributed by atoms with Gasteiger partial charge in [0.25, 0.3) is 0 Å². The molecule has 33 heavy (non-hydrogen) atoms. The minimum absolute atomic E-state index is 0.241. The third-order valence-electron chi connectivity index (χ3n) is 4.75. The van der Waals surface area contributed by atoms with E-state index in [2.05, 4.69) is 11.8 Å². The summed E-state index contributed by atoms with van der Waals surface area (Å²) in [5.41, 5.74) is 0.122. The van der Waals surface area contributed by atoms with Crippen molar-refractivity contribution in [3.8, 4) is 23.3 Å². The lowest BCUT2D eigenvalue weighted by Gasteiger charge is -2.23. The molecule has 0 radical (unpaired) electrons. The summed E-state index contributed by atoms with van der Waals surface area (Å²) in [4.78, 5) is 10.9. The van der Waals surface area contributed by atoms with Gasteiger partial charge in [-0.05, 0) is 60.0 Å². The summed E-state index contributed by atoms with van der Waals surface area (Å²) < 4.78 is 58.2. The van der Waals surface area contributed by atoms with E-state index in [9.17, 15) is 22.4 Å². The van der Waals surface area contributed by atoms with Crippen LogP contribution in [0, 0.1) is 17.7 Å². The van der Waals surface area contributed by atoms with E-state index in [4.69, 9.17) is 9.84 Å². The monoisotopic (exact) mass is 456 g/mol. The van der Waals surface area contributed by atoms with Crippen LogP contribution in [0.3, 0.4) is 0 Å². The van der Waals surface area contributed by atoms with Gasteiger partial charge in [-0.2, -0.15) is 13.2 Å². The van der Waals surface area contributed by atoms with Gasteiger partial charge in [0.1, 0.15) is 17.3 Å². The van der Waals surface area contributed by atoms with Crippen molar-refractivity contribution in [1.29, 1.82) is 0 Å². The van der Waals surface area contributed by atoms with Crippen LogP contribution in [0.4, 0.5) is 17.6 Å².